The van der Waals surface area contributed by atoms with Crippen molar-refractivity contribution in [1.29, 1.82) is 0 Å². The molecule has 0 rings (SSSR count). The SMILES string of the molecule is CC(=O)NCC(=O)NCC(=O)O.[HH].[HH]. The first-order valence-electron chi connectivity index (χ1n) is 3.25. The van der Waals surface area contributed by atoms with Crippen molar-refractivity contribution in [3.63, 3.8) is 0 Å². The Kier molecular flexibility index (Phi) is 4.43. The van der Waals surface area contributed by atoms with Gasteiger partial charge in [0, 0.05) is 9.78 Å². The predicted octanol–water partition coefficient (Wildman–Crippen LogP) is -1.18. The lowest BCUT2D eigenvalue weighted by Gasteiger charge is -2.01. The van der Waals surface area contributed by atoms with Gasteiger partial charge in [-0.2, -0.15) is 0 Å². The van der Waals surface area contributed by atoms with E-state index in [0.29, 0.717) is 0 Å². The second-order valence-corrected chi connectivity index (χ2v) is 2.08. The Labute approximate surface area is 71.9 Å². The summed E-state index contributed by atoms with van der Waals surface area (Å²) in [6, 6.07) is 0. The van der Waals surface area contributed by atoms with E-state index in [1.165, 1.54) is 6.92 Å². The van der Waals surface area contributed by atoms with E-state index >= 15 is 0 Å². The third kappa shape index (κ3) is 6.53. The molecule has 0 aliphatic carbocycles. The molecule has 0 aromatic heterocycles. The Bertz CT molecular complexity index is 190. The van der Waals surface area contributed by atoms with Crippen molar-refractivity contribution >= 4 is 17.8 Å². The van der Waals surface area contributed by atoms with Crippen LogP contribution in [0.15, 0.2) is 0 Å². The van der Waals surface area contributed by atoms with Gasteiger partial charge in [0.25, 0.3) is 0 Å². The van der Waals surface area contributed by atoms with Crippen molar-refractivity contribution in [2.24, 2.45) is 0 Å². The maximum atomic E-state index is 10.7. The minimum Gasteiger partial charge on any atom is -0.480 e. The molecule has 6 nitrogen and oxygen atoms in total. The molecule has 0 radical (unpaired) electrons. The number of rotatable bonds is 4. The van der Waals surface area contributed by atoms with Crippen LogP contribution in [0.2, 0.25) is 0 Å². The number of amides is 2. The Morgan fingerprint density at radius 1 is 1.25 bits per heavy atom. The molecule has 72 valence electrons. The molecule has 0 saturated carbocycles. The van der Waals surface area contributed by atoms with E-state index in [1.807, 2.05) is 0 Å². The molecule has 0 aromatic carbocycles. The largest absolute Gasteiger partial charge is 0.480 e. The highest BCUT2D eigenvalue weighted by Crippen LogP contribution is 1.66. The molecule has 0 aliphatic heterocycles. The molecule has 0 spiro atoms. The van der Waals surface area contributed by atoms with Crippen molar-refractivity contribution in [3.05, 3.63) is 0 Å². The van der Waals surface area contributed by atoms with E-state index in [2.05, 4.69) is 10.6 Å². The summed E-state index contributed by atoms with van der Waals surface area (Å²) in [6.45, 7) is 0.644. The number of hydrogen-bond donors (Lipinski definition) is 3. The van der Waals surface area contributed by atoms with Crippen LogP contribution in [-0.4, -0.2) is 36.0 Å². The van der Waals surface area contributed by atoms with Crippen LogP contribution < -0.4 is 10.6 Å². The first-order chi connectivity index (χ1) is 5.52. The number of carbonyl (C=O) groups excluding carboxylic acids is 2. The second-order valence-electron chi connectivity index (χ2n) is 2.08. The summed E-state index contributed by atoms with van der Waals surface area (Å²) < 4.78 is 0. The summed E-state index contributed by atoms with van der Waals surface area (Å²) in [5.74, 6) is -1.97. The molecule has 12 heavy (non-hydrogen) atoms. The molecule has 0 saturated heterocycles. The van der Waals surface area contributed by atoms with E-state index in [-0.39, 0.29) is 15.3 Å². The van der Waals surface area contributed by atoms with Crippen molar-refractivity contribution in [3.8, 4) is 0 Å². The number of hydrogen-bond acceptors (Lipinski definition) is 3. The monoisotopic (exact) mass is 178 g/mol. The normalized spacial score (nSPS) is 8.75. The number of carboxylic acid groups (broad SMARTS) is 1. The fourth-order valence-corrected chi connectivity index (χ4v) is 0.441. The lowest BCUT2D eigenvalue weighted by molar-refractivity contribution is -0.137. The average molecular weight is 178 g/mol. The molecule has 0 unspecified atom stereocenters. The van der Waals surface area contributed by atoms with E-state index in [0.717, 1.165) is 0 Å². The first-order valence-corrected chi connectivity index (χ1v) is 3.25. The fourth-order valence-electron chi connectivity index (χ4n) is 0.441. The average Bonchev–Trinajstić information content (AvgIpc) is 1.96. The van der Waals surface area contributed by atoms with Gasteiger partial charge in [0.2, 0.25) is 11.8 Å². The summed E-state index contributed by atoms with van der Waals surface area (Å²) in [5, 5.41) is 12.4. The van der Waals surface area contributed by atoms with Gasteiger partial charge in [-0.05, 0) is 0 Å². The minimum atomic E-state index is -1.12. The molecular weight excluding hydrogens is 164 g/mol. The van der Waals surface area contributed by atoms with Gasteiger partial charge >= 0.3 is 5.97 Å². The molecule has 0 bridgehead atoms. The third-order valence-corrected chi connectivity index (χ3v) is 0.935. The van der Waals surface area contributed by atoms with Gasteiger partial charge in [0.1, 0.15) is 6.54 Å². The van der Waals surface area contributed by atoms with Gasteiger partial charge in [0.05, 0.1) is 6.54 Å². The van der Waals surface area contributed by atoms with Crippen LogP contribution in [0.25, 0.3) is 0 Å². The summed E-state index contributed by atoms with van der Waals surface area (Å²) in [5.41, 5.74) is 0. The Morgan fingerprint density at radius 2 is 1.83 bits per heavy atom. The number of nitrogens with one attached hydrogen (secondary N) is 2. The van der Waals surface area contributed by atoms with Crippen LogP contribution in [0.1, 0.15) is 9.78 Å². The van der Waals surface area contributed by atoms with E-state index < -0.39 is 18.4 Å². The van der Waals surface area contributed by atoms with Crippen molar-refractivity contribution in [2.75, 3.05) is 13.1 Å². The lowest BCUT2D eigenvalue weighted by Crippen LogP contribution is -2.38. The van der Waals surface area contributed by atoms with Crippen LogP contribution in [0.3, 0.4) is 0 Å². The highest BCUT2D eigenvalue weighted by molar-refractivity contribution is 5.85. The molecule has 6 heteroatoms. The summed E-state index contributed by atoms with van der Waals surface area (Å²) in [7, 11) is 0. The molecule has 3 N–H and O–H groups in total. The molecule has 0 heterocycles. The highest BCUT2D eigenvalue weighted by atomic mass is 16.4. The standard InChI is InChI=1S/C6H10N2O4.2H2/c1-4(9)7-2-5(10)8-3-6(11)12;;/h2-3H2,1H3,(H,7,9)(H,8,10)(H,11,12);2*1H. The Hall–Kier alpha value is -1.59. The molecule has 0 fully saturated rings. The summed E-state index contributed by atoms with van der Waals surface area (Å²) in [4.78, 5) is 30.9. The van der Waals surface area contributed by atoms with Gasteiger partial charge < -0.3 is 15.7 Å². The summed E-state index contributed by atoms with van der Waals surface area (Å²) in [6.07, 6.45) is 0. The molecule has 0 aromatic rings. The van der Waals surface area contributed by atoms with E-state index in [4.69, 9.17) is 5.11 Å². The predicted molar refractivity (Wildman–Crippen MR) is 43.6 cm³/mol. The van der Waals surface area contributed by atoms with Crippen LogP contribution in [0.4, 0.5) is 0 Å². The van der Waals surface area contributed by atoms with Gasteiger partial charge in [0.15, 0.2) is 0 Å². The van der Waals surface area contributed by atoms with Crippen molar-refractivity contribution < 1.29 is 22.3 Å². The van der Waals surface area contributed by atoms with Gasteiger partial charge in [-0.15, -0.1) is 0 Å². The van der Waals surface area contributed by atoms with E-state index in [9.17, 15) is 14.4 Å². The maximum Gasteiger partial charge on any atom is 0.322 e. The zero-order chi connectivity index (χ0) is 9.56. The first kappa shape index (κ1) is 10.4. The lowest BCUT2D eigenvalue weighted by atomic mass is 10.5. The molecule has 0 aliphatic rings. The number of aliphatic carboxylic acids is 1. The van der Waals surface area contributed by atoms with Gasteiger partial charge in [-0.3, -0.25) is 14.4 Å². The molecular formula is C6H14N2O4. The minimum absolute atomic E-state index is 0. The fraction of sp³-hybridized carbons (Fsp3) is 0.500. The highest BCUT2D eigenvalue weighted by Gasteiger charge is 2.03. The number of carboxylic acids is 1. The second kappa shape index (κ2) is 5.11. The quantitative estimate of drug-likeness (QED) is 0.504. The Morgan fingerprint density at radius 3 is 2.25 bits per heavy atom. The third-order valence-electron chi connectivity index (χ3n) is 0.935. The van der Waals surface area contributed by atoms with Crippen molar-refractivity contribution in [2.45, 2.75) is 6.92 Å². The summed E-state index contributed by atoms with van der Waals surface area (Å²) >= 11 is 0. The van der Waals surface area contributed by atoms with Crippen LogP contribution >= 0.6 is 0 Å². The van der Waals surface area contributed by atoms with Gasteiger partial charge in [-0.25, -0.2) is 0 Å². The maximum absolute atomic E-state index is 10.7. The van der Waals surface area contributed by atoms with Crippen LogP contribution in [0, 0.1) is 0 Å². The van der Waals surface area contributed by atoms with Crippen molar-refractivity contribution in [1.82, 2.24) is 10.6 Å². The van der Waals surface area contributed by atoms with Crippen LogP contribution in [0.5, 0.6) is 0 Å². The van der Waals surface area contributed by atoms with Crippen LogP contribution in [-0.2, 0) is 14.4 Å². The van der Waals surface area contributed by atoms with E-state index in [1.54, 1.807) is 0 Å². The Balaban J connectivity index is -0.000000605. The topological polar surface area (TPSA) is 95.5 Å². The zero-order valence-electron chi connectivity index (χ0n) is 6.59. The zero-order valence-corrected chi connectivity index (χ0v) is 6.59. The number of carbonyl (C=O) groups is 3. The van der Waals surface area contributed by atoms with Gasteiger partial charge in [-0.1, -0.05) is 0 Å². The smallest absolute Gasteiger partial charge is 0.322 e. The molecule has 0 atom stereocenters. The molecule has 2 amide bonds.